The number of likely N-dealkylation sites (tertiary alicyclic amines) is 1. The Morgan fingerprint density at radius 2 is 1.08 bits per heavy atom. The summed E-state index contributed by atoms with van der Waals surface area (Å²) in [4.78, 5) is 167. The van der Waals surface area contributed by atoms with E-state index in [0.29, 0.717) is 94.4 Å². The van der Waals surface area contributed by atoms with E-state index in [0.717, 1.165) is 11.3 Å². The van der Waals surface area contributed by atoms with Crippen LogP contribution in [-0.4, -0.2) is 285 Å². The molecule has 1 unspecified atom stereocenters. The summed E-state index contributed by atoms with van der Waals surface area (Å²) < 4.78 is 116. The molecule has 0 spiro atoms. The van der Waals surface area contributed by atoms with E-state index in [1.165, 1.54) is 44.2 Å². The van der Waals surface area contributed by atoms with Crippen molar-refractivity contribution in [2.24, 2.45) is 0 Å². The number of imide groups is 1. The average molecular weight is 1570 g/mol. The van der Waals surface area contributed by atoms with Crippen molar-refractivity contribution in [1.82, 2.24) is 47.0 Å². The van der Waals surface area contributed by atoms with Crippen LogP contribution in [0.1, 0.15) is 93.8 Å². The van der Waals surface area contributed by atoms with Gasteiger partial charge in [-0.05, 0) is 38.0 Å². The second kappa shape index (κ2) is 51.1. The molecule has 0 radical (unpaired) electrons. The van der Waals surface area contributed by atoms with Crippen LogP contribution in [0.5, 0.6) is 23.0 Å². The number of methoxy groups -OCH3 is 3. The lowest BCUT2D eigenvalue weighted by molar-refractivity contribution is -0.150. The van der Waals surface area contributed by atoms with Gasteiger partial charge < -0.3 is 108 Å². The highest BCUT2D eigenvalue weighted by Crippen LogP contribution is 2.41. The number of nitrogens with one attached hydrogen (secondary N) is 7. The first-order valence-corrected chi connectivity index (χ1v) is 36.1. The number of thiophene rings is 1. The Labute approximate surface area is 633 Å². The van der Waals surface area contributed by atoms with Crippen LogP contribution < -0.4 is 56.2 Å². The van der Waals surface area contributed by atoms with Crippen molar-refractivity contribution in [2.75, 3.05) is 186 Å². The highest BCUT2D eigenvalue weighted by atomic mass is 32.1. The van der Waals surface area contributed by atoms with E-state index in [9.17, 15) is 62.3 Å². The number of nitrogens with zero attached hydrogens (tertiary/aromatic N) is 2. The van der Waals surface area contributed by atoms with Crippen LogP contribution in [0.2, 0.25) is 0 Å². The highest BCUT2D eigenvalue weighted by molar-refractivity contribution is 7.20. The molecule has 3 aromatic rings. The van der Waals surface area contributed by atoms with Crippen LogP contribution in [0.4, 0.5) is 8.78 Å². The molecule has 1 saturated heterocycles. The number of hydrogen-bond donors (Lipinski definition) is 7. The number of hydrogen-bond acceptors (Lipinski definition) is 28. The topological polar surface area (TPSA) is 442 Å². The smallest absolute Gasteiger partial charge is 0.306 e. The van der Waals surface area contributed by atoms with Gasteiger partial charge in [-0.1, -0.05) is 0 Å². The van der Waals surface area contributed by atoms with E-state index in [1.54, 1.807) is 14.0 Å². The SMILES string of the molecule is [3H]C1CC(=O)N(CC(=O)N[C@@H](CCC(=O)NC[C@H](C)OC(=O)CCC(=O)N2Cc3cc(OC)c(OCCCOc4c(OC)cc5sc(C(=O)CCC(=O)OCC)cc5c4F)c(F)c3C2)C(=O)NCC(=O)NCC(=O)NCC(=O)NCC(=O)NCCOCCOCCOCCOCCOCCOCCOCCOC)C1=O. The quantitative estimate of drug-likeness (QED) is 0.0169. The standard InChI is InChI=1S/C70H99F2N9O27S/c1-6-105-64(92)14-9-50(82)54-35-47-53(109-54)36-52(97-5)69(66(47)71)107-18-7-17-106-68-51(96-4)34-46-42-80(43-48(46)67(68)72)61(89)13-15-65(93)108-45(2)37-74-55(83)10-8-49(79-60(88)44-81-62(90)11-12-63(81)91)70(94)78-41-59(87)77-40-58(86)76-39-57(85)75-38-56(84)73-16-19-98-22-23-100-26-27-102-30-31-104-33-32-103-29-28-101-25-24-99-21-20-95-3/h34-36,45,49H,6-33,37-44H2,1-5H3,(H,73,84)(H,74,83)(H,75,85)(H,76,86)(H,77,87)(H,78,94)(H,79,88)/t45-,49-/m0/s1/i11T/t11?,45-,49-. The van der Waals surface area contributed by atoms with Crippen molar-refractivity contribution in [2.45, 2.75) is 96.8 Å². The van der Waals surface area contributed by atoms with Gasteiger partial charge in [-0.2, -0.15) is 0 Å². The minimum Gasteiger partial charge on any atom is -0.493 e. The number of fused-ring (bicyclic) bond motifs is 2. The van der Waals surface area contributed by atoms with Crippen molar-refractivity contribution in [3.05, 3.63) is 45.8 Å². The molecule has 1 aromatic heterocycles. The maximum atomic E-state index is 16.1. The molecule has 0 aliphatic carbocycles. The Hall–Kier alpha value is -9.35. The summed E-state index contributed by atoms with van der Waals surface area (Å²) in [6, 6.07) is 2.87. The largest absolute Gasteiger partial charge is 0.493 e. The molecule has 36 nitrogen and oxygen atoms in total. The molecule has 3 atom stereocenters. The van der Waals surface area contributed by atoms with Gasteiger partial charge in [0.25, 0.3) is 0 Å². The maximum absolute atomic E-state index is 16.1. The molecule has 1 fully saturated rings. The van der Waals surface area contributed by atoms with Gasteiger partial charge in [0.2, 0.25) is 59.1 Å². The summed E-state index contributed by atoms with van der Waals surface area (Å²) in [5, 5.41) is 16.6. The number of benzene rings is 2. The van der Waals surface area contributed by atoms with E-state index in [2.05, 4.69) is 37.2 Å². The summed E-state index contributed by atoms with van der Waals surface area (Å²) in [6.07, 6.45) is -4.58. The number of carbonyl (C=O) groups is 13. The monoisotopic (exact) mass is 1570 g/mol. The van der Waals surface area contributed by atoms with Crippen LogP contribution in [0.25, 0.3) is 10.1 Å². The molecule has 0 saturated carbocycles. The summed E-state index contributed by atoms with van der Waals surface area (Å²) >= 11 is 1.04. The molecule has 109 heavy (non-hydrogen) atoms. The fourth-order valence-electron chi connectivity index (χ4n) is 9.98. The predicted molar refractivity (Wildman–Crippen MR) is 379 cm³/mol. The Bertz CT molecular complexity index is 3560. The van der Waals surface area contributed by atoms with E-state index in [4.69, 9.17) is 67.7 Å². The van der Waals surface area contributed by atoms with Crippen LogP contribution in [0.3, 0.4) is 0 Å². The minimum absolute atomic E-state index is 0.0255. The number of rotatable bonds is 58. The summed E-state index contributed by atoms with van der Waals surface area (Å²) in [5.41, 5.74) is 0.576. The molecule has 10 amide bonds. The lowest BCUT2D eigenvalue weighted by atomic mass is 10.1. The second-order valence-corrected chi connectivity index (χ2v) is 24.9. The van der Waals surface area contributed by atoms with Crippen molar-refractivity contribution >= 4 is 98.2 Å². The van der Waals surface area contributed by atoms with Gasteiger partial charge in [0.1, 0.15) is 18.7 Å². The molecule has 39 heteroatoms. The van der Waals surface area contributed by atoms with E-state index < -0.39 is 160 Å². The minimum atomic E-state index is -1.56. The number of Topliss-reactive ketones (excluding diaryl/α,β-unsaturated/α-hetero) is 1. The fraction of sp³-hybridized carbons (Fsp3) is 0.614. The van der Waals surface area contributed by atoms with Crippen molar-refractivity contribution in [3.8, 4) is 23.0 Å². The lowest BCUT2D eigenvalue weighted by Crippen LogP contribution is -2.52. The molecular formula is C70H99F2N9O27S. The normalized spacial score (nSPS) is 13.7. The average Bonchev–Trinajstić information content (AvgIpc) is 1.62. The van der Waals surface area contributed by atoms with Crippen molar-refractivity contribution < 1.29 is 139 Å². The Kier molecular flexibility index (Phi) is 41.5. The fourth-order valence-corrected chi connectivity index (χ4v) is 11.0. The molecule has 2 aliphatic heterocycles. The Morgan fingerprint density at radius 3 is 1.62 bits per heavy atom. The zero-order valence-electron chi connectivity index (χ0n) is 62.8. The number of esters is 2. The molecule has 2 aliphatic rings. The van der Waals surface area contributed by atoms with Crippen molar-refractivity contribution in [1.29, 1.82) is 0 Å². The molecule has 3 heterocycles. The summed E-state index contributed by atoms with van der Waals surface area (Å²) in [5.74, 6) is -11.6. The van der Waals surface area contributed by atoms with E-state index in [1.807, 2.05) is 0 Å². The summed E-state index contributed by atoms with van der Waals surface area (Å²) in [6.45, 7) is 5.44. The summed E-state index contributed by atoms with van der Waals surface area (Å²) in [7, 11) is 4.24. The Balaban J connectivity index is 0.931. The predicted octanol–water partition coefficient (Wildman–Crippen LogP) is -0.00150. The number of ketones is 1. The van der Waals surface area contributed by atoms with E-state index in [-0.39, 0.29) is 136 Å². The molecular weight excluding hydrogens is 1470 g/mol. The Morgan fingerprint density at radius 1 is 0.560 bits per heavy atom. The molecule has 606 valence electrons. The van der Waals surface area contributed by atoms with Gasteiger partial charge in [0.05, 0.1) is 184 Å². The van der Waals surface area contributed by atoms with Gasteiger partial charge in [0.15, 0.2) is 40.4 Å². The molecule has 7 N–H and O–H groups in total. The molecule has 2 aromatic carbocycles. The third-order valence-electron chi connectivity index (χ3n) is 15.6. The number of halogens is 2. The van der Waals surface area contributed by atoms with Gasteiger partial charge in [-0.3, -0.25) is 67.2 Å². The number of ether oxygens (including phenoxy) is 14. The first-order chi connectivity index (χ1) is 53.0. The van der Waals surface area contributed by atoms with Gasteiger partial charge in [-0.25, -0.2) is 8.78 Å². The van der Waals surface area contributed by atoms with Gasteiger partial charge in [-0.15, -0.1) is 11.3 Å². The third-order valence-corrected chi connectivity index (χ3v) is 16.7. The van der Waals surface area contributed by atoms with Crippen LogP contribution in [0.15, 0.2) is 18.2 Å². The van der Waals surface area contributed by atoms with Crippen LogP contribution in [0, 0.1) is 11.6 Å². The highest BCUT2D eigenvalue weighted by Gasteiger charge is 2.34. The van der Waals surface area contributed by atoms with Crippen molar-refractivity contribution in [3.63, 3.8) is 0 Å². The van der Waals surface area contributed by atoms with Crippen LogP contribution in [-0.2, 0) is 118 Å². The van der Waals surface area contributed by atoms with E-state index >= 15 is 8.78 Å². The number of amides is 10. The van der Waals surface area contributed by atoms with Gasteiger partial charge in [0, 0.05) is 88.3 Å². The zero-order valence-corrected chi connectivity index (χ0v) is 62.6. The first kappa shape index (κ1) is 88.6. The first-order valence-electron chi connectivity index (χ1n) is 35.8. The number of carbonyl (C=O) groups excluding carboxylic acids is 13. The maximum Gasteiger partial charge on any atom is 0.306 e. The van der Waals surface area contributed by atoms with Gasteiger partial charge >= 0.3 is 11.9 Å². The third kappa shape index (κ3) is 34.0. The lowest BCUT2D eigenvalue weighted by Gasteiger charge is -2.20. The molecule has 0 bridgehead atoms. The zero-order chi connectivity index (χ0) is 80.2. The molecule has 5 rings (SSSR count). The second-order valence-electron chi connectivity index (χ2n) is 23.8. The van der Waals surface area contributed by atoms with Crippen LogP contribution >= 0.6 is 11.3 Å².